The molecule has 0 heterocycles. The Balaban J connectivity index is 1.88. The van der Waals surface area contributed by atoms with Gasteiger partial charge in [-0.1, -0.05) is 18.2 Å². The van der Waals surface area contributed by atoms with Gasteiger partial charge in [-0.25, -0.2) is 4.79 Å². The highest BCUT2D eigenvalue weighted by Gasteiger charge is 2.10. The van der Waals surface area contributed by atoms with E-state index >= 15 is 0 Å². The van der Waals surface area contributed by atoms with Gasteiger partial charge in [0, 0.05) is 16.3 Å². The van der Waals surface area contributed by atoms with Crippen molar-refractivity contribution in [3.8, 4) is 0 Å². The lowest BCUT2D eigenvalue weighted by atomic mass is 10.1. The highest BCUT2D eigenvalue weighted by Crippen LogP contribution is 2.20. The van der Waals surface area contributed by atoms with Crippen molar-refractivity contribution in [1.29, 1.82) is 0 Å². The number of hydrogen-bond acceptors (Lipinski definition) is 5. The normalized spacial score (nSPS) is 10.4. The smallest absolute Gasteiger partial charge is 0.337 e. The van der Waals surface area contributed by atoms with Crippen LogP contribution in [0.1, 0.15) is 21.5 Å². The van der Waals surface area contributed by atoms with Gasteiger partial charge in [-0.05, 0) is 48.6 Å². The van der Waals surface area contributed by atoms with Gasteiger partial charge < -0.3 is 10.1 Å². The molecule has 2 aromatic rings. The molecule has 0 aliphatic rings. The van der Waals surface area contributed by atoms with Crippen molar-refractivity contribution in [2.45, 2.75) is 17.6 Å². The fourth-order valence-corrected chi connectivity index (χ4v) is 3.37. The summed E-state index contributed by atoms with van der Waals surface area (Å²) >= 11 is 3.27. The van der Waals surface area contributed by atoms with Gasteiger partial charge in [-0.2, -0.15) is 0 Å². The quantitative estimate of drug-likeness (QED) is 0.575. The Morgan fingerprint density at radius 2 is 1.84 bits per heavy atom. The molecular formula is C19H21NO3S2. The lowest BCUT2D eigenvalue weighted by Crippen LogP contribution is -2.15. The Kier molecular flexibility index (Phi) is 7.40. The van der Waals surface area contributed by atoms with Gasteiger partial charge in [-0.15, -0.1) is 23.5 Å². The van der Waals surface area contributed by atoms with Gasteiger partial charge in [0.15, 0.2) is 0 Å². The topological polar surface area (TPSA) is 55.4 Å². The molecule has 0 unspecified atom stereocenters. The molecule has 6 heteroatoms. The highest BCUT2D eigenvalue weighted by molar-refractivity contribution is 7.99. The van der Waals surface area contributed by atoms with E-state index in [-0.39, 0.29) is 5.91 Å². The van der Waals surface area contributed by atoms with Crippen molar-refractivity contribution in [3.05, 3.63) is 59.2 Å². The average Bonchev–Trinajstić information content (AvgIpc) is 2.63. The molecule has 1 N–H and O–H groups in total. The second-order valence-corrected chi connectivity index (χ2v) is 7.28. The predicted molar refractivity (Wildman–Crippen MR) is 106 cm³/mol. The zero-order valence-corrected chi connectivity index (χ0v) is 16.1. The van der Waals surface area contributed by atoms with Crippen LogP contribution >= 0.6 is 23.5 Å². The van der Waals surface area contributed by atoms with E-state index in [4.69, 9.17) is 4.74 Å². The molecule has 0 saturated carbocycles. The first-order valence-electron chi connectivity index (χ1n) is 7.73. The fraction of sp³-hybridized carbons (Fsp3) is 0.263. The Hall–Kier alpha value is -1.92. The maximum atomic E-state index is 12.2. The van der Waals surface area contributed by atoms with E-state index in [9.17, 15) is 9.59 Å². The van der Waals surface area contributed by atoms with Crippen molar-refractivity contribution in [2.75, 3.05) is 24.4 Å². The average molecular weight is 376 g/mol. The van der Waals surface area contributed by atoms with E-state index in [0.29, 0.717) is 17.0 Å². The maximum absolute atomic E-state index is 12.2. The molecule has 2 aromatic carbocycles. The van der Waals surface area contributed by atoms with Crippen LogP contribution in [0.2, 0.25) is 0 Å². The summed E-state index contributed by atoms with van der Waals surface area (Å²) < 4.78 is 4.71. The minimum absolute atomic E-state index is 0.0872. The minimum Gasteiger partial charge on any atom is -0.465 e. The zero-order chi connectivity index (χ0) is 18.2. The summed E-state index contributed by atoms with van der Waals surface area (Å²) in [6, 6.07) is 13.5. The fourth-order valence-electron chi connectivity index (χ4n) is 2.17. The third-order valence-corrected chi connectivity index (χ3v) is 5.34. The molecular weight excluding hydrogens is 354 g/mol. The number of nitrogens with one attached hydrogen (secondary N) is 1. The summed E-state index contributed by atoms with van der Waals surface area (Å²) in [6.45, 7) is 1.89. The summed E-state index contributed by atoms with van der Waals surface area (Å²) in [6.07, 6.45) is 2.05. The highest BCUT2D eigenvalue weighted by atomic mass is 32.2. The molecule has 0 bridgehead atoms. The second kappa shape index (κ2) is 9.53. The third-order valence-electron chi connectivity index (χ3n) is 3.59. The number of benzene rings is 2. The van der Waals surface area contributed by atoms with E-state index in [1.54, 1.807) is 41.7 Å². The van der Waals surface area contributed by atoms with Gasteiger partial charge in [0.25, 0.3) is 0 Å². The molecule has 4 nitrogen and oxygen atoms in total. The molecule has 0 aliphatic carbocycles. The van der Waals surface area contributed by atoms with Crippen LogP contribution in [-0.2, 0) is 15.3 Å². The number of methoxy groups -OCH3 is 1. The van der Waals surface area contributed by atoms with Gasteiger partial charge >= 0.3 is 5.97 Å². The predicted octanol–water partition coefficient (Wildman–Crippen LogP) is 4.38. The number of carbonyl (C=O) groups excluding carboxylic acids is 2. The third kappa shape index (κ3) is 5.83. The monoisotopic (exact) mass is 375 g/mol. The molecule has 0 atom stereocenters. The lowest BCUT2D eigenvalue weighted by molar-refractivity contribution is -0.113. The Bertz CT molecular complexity index is 745. The van der Waals surface area contributed by atoms with Gasteiger partial charge in [0.1, 0.15) is 0 Å². The molecule has 25 heavy (non-hydrogen) atoms. The number of ether oxygens (including phenoxy) is 1. The van der Waals surface area contributed by atoms with Crippen molar-refractivity contribution < 1.29 is 14.3 Å². The number of carbonyl (C=O) groups is 2. The number of amides is 1. The Morgan fingerprint density at radius 1 is 1.12 bits per heavy atom. The van der Waals surface area contributed by atoms with E-state index in [0.717, 1.165) is 11.3 Å². The van der Waals surface area contributed by atoms with Crippen molar-refractivity contribution >= 4 is 41.1 Å². The van der Waals surface area contributed by atoms with Crippen LogP contribution in [0.3, 0.4) is 0 Å². The second-order valence-electron chi connectivity index (χ2n) is 5.41. The number of aryl methyl sites for hydroxylation is 1. The molecule has 0 saturated heterocycles. The van der Waals surface area contributed by atoms with Gasteiger partial charge in [-0.3, -0.25) is 4.79 Å². The summed E-state index contributed by atoms with van der Waals surface area (Å²) in [4.78, 5) is 25.0. The molecule has 0 fully saturated rings. The van der Waals surface area contributed by atoms with Crippen LogP contribution in [-0.4, -0.2) is 31.0 Å². The number of hydrogen-bond donors (Lipinski definition) is 1. The molecule has 0 radical (unpaired) electrons. The van der Waals surface area contributed by atoms with E-state index in [1.165, 1.54) is 17.6 Å². The SMILES string of the molecule is COC(=O)c1ccc(C)c(NC(=O)CSCc2ccc(SC)cc2)c1. The Morgan fingerprint density at radius 3 is 2.48 bits per heavy atom. The van der Waals surface area contributed by atoms with E-state index < -0.39 is 5.97 Å². The van der Waals surface area contributed by atoms with Crippen LogP contribution in [0.5, 0.6) is 0 Å². The van der Waals surface area contributed by atoms with Gasteiger partial charge in [0.05, 0.1) is 18.4 Å². The first kappa shape index (κ1) is 19.4. The number of rotatable bonds is 7. The Labute approximate surface area is 156 Å². The number of anilines is 1. The van der Waals surface area contributed by atoms with Crippen molar-refractivity contribution in [1.82, 2.24) is 0 Å². The molecule has 0 aromatic heterocycles. The molecule has 0 spiro atoms. The largest absolute Gasteiger partial charge is 0.465 e. The van der Waals surface area contributed by atoms with Crippen molar-refractivity contribution in [2.24, 2.45) is 0 Å². The first-order valence-corrected chi connectivity index (χ1v) is 10.1. The number of esters is 1. The molecule has 2 rings (SSSR count). The van der Waals surface area contributed by atoms with Crippen LogP contribution in [0, 0.1) is 6.92 Å². The summed E-state index contributed by atoms with van der Waals surface area (Å²) in [7, 11) is 1.34. The van der Waals surface area contributed by atoms with Crippen molar-refractivity contribution in [3.63, 3.8) is 0 Å². The van der Waals surface area contributed by atoms with Crippen LogP contribution in [0.25, 0.3) is 0 Å². The maximum Gasteiger partial charge on any atom is 0.337 e. The van der Waals surface area contributed by atoms with E-state index in [2.05, 4.69) is 29.6 Å². The summed E-state index contributed by atoms with van der Waals surface area (Å²) in [5.41, 5.74) is 3.15. The van der Waals surface area contributed by atoms with Crippen LogP contribution < -0.4 is 5.32 Å². The van der Waals surface area contributed by atoms with E-state index in [1.807, 2.05) is 13.2 Å². The standard InChI is InChI=1S/C19H21NO3S2/c1-13-4-7-15(19(22)23-2)10-17(13)20-18(21)12-25-11-14-5-8-16(24-3)9-6-14/h4-10H,11-12H2,1-3H3,(H,20,21). The van der Waals surface area contributed by atoms with Crippen LogP contribution in [0.4, 0.5) is 5.69 Å². The molecule has 0 aliphatic heterocycles. The zero-order valence-electron chi connectivity index (χ0n) is 14.5. The summed E-state index contributed by atoms with van der Waals surface area (Å²) in [5.74, 6) is 0.629. The van der Waals surface area contributed by atoms with Gasteiger partial charge in [0.2, 0.25) is 5.91 Å². The minimum atomic E-state index is -0.418. The summed E-state index contributed by atoms with van der Waals surface area (Å²) in [5, 5.41) is 2.86. The lowest BCUT2D eigenvalue weighted by Gasteiger charge is -2.10. The van der Waals surface area contributed by atoms with Crippen LogP contribution in [0.15, 0.2) is 47.4 Å². The first-order chi connectivity index (χ1) is 12.0. The molecule has 132 valence electrons. The number of thioether (sulfide) groups is 2. The molecule has 1 amide bonds.